The average Bonchev–Trinajstić information content (AvgIpc) is 3.54. The Morgan fingerprint density at radius 2 is 1.91 bits per heavy atom. The van der Waals surface area contributed by atoms with Gasteiger partial charge in [-0.25, -0.2) is 4.79 Å². The van der Waals surface area contributed by atoms with Gasteiger partial charge in [0, 0.05) is 24.6 Å². The number of nitrogens with zero attached hydrogens (tertiary/aromatic N) is 2. The zero-order valence-corrected chi connectivity index (χ0v) is 21.4. The Labute approximate surface area is 211 Å². The molecule has 2 aliphatic heterocycles. The number of hydrogen-bond donors (Lipinski definition) is 0. The lowest BCUT2D eigenvalue weighted by Gasteiger charge is -2.29. The predicted molar refractivity (Wildman–Crippen MR) is 135 cm³/mol. The lowest BCUT2D eigenvalue weighted by Crippen LogP contribution is -2.45. The molecule has 1 aromatic rings. The summed E-state index contributed by atoms with van der Waals surface area (Å²) < 4.78 is 10.2. The largest absolute Gasteiger partial charge is 0.497 e. The standard InChI is InChI=1S/C27H34N2O5S/c1-33-22-11-10-20-15-19(16-21(20)17-22)7-4-3-5-9-25(30)28-13-14-35-18-24(28)26(31)29-12-6-8-23(29)27(32)34-2/h10-11,13-14,17-19,23H,3-9,12,15-16H2,1-2H3/t19?,23-/m0/s1. The van der Waals surface area contributed by atoms with Gasteiger partial charge in [-0.05, 0) is 73.1 Å². The zero-order valence-electron chi connectivity index (χ0n) is 20.5. The summed E-state index contributed by atoms with van der Waals surface area (Å²) in [6.07, 6.45) is 9.61. The molecule has 1 unspecified atom stereocenters. The smallest absolute Gasteiger partial charge is 0.328 e. The zero-order chi connectivity index (χ0) is 24.8. The number of rotatable bonds is 9. The molecule has 0 radical (unpaired) electrons. The molecule has 0 aromatic heterocycles. The van der Waals surface area contributed by atoms with Crippen molar-refractivity contribution >= 4 is 29.5 Å². The molecule has 0 spiro atoms. The molecule has 1 aromatic carbocycles. The number of hydrogen-bond acceptors (Lipinski definition) is 6. The van der Waals surface area contributed by atoms with Gasteiger partial charge in [0.15, 0.2) is 0 Å². The summed E-state index contributed by atoms with van der Waals surface area (Å²) in [6.45, 7) is 0.490. The van der Waals surface area contributed by atoms with Crippen molar-refractivity contribution in [3.8, 4) is 5.75 Å². The molecule has 0 bridgehead atoms. The first-order valence-electron chi connectivity index (χ1n) is 12.4. The van der Waals surface area contributed by atoms with E-state index in [9.17, 15) is 14.4 Å². The molecular weight excluding hydrogens is 464 g/mol. The van der Waals surface area contributed by atoms with E-state index in [1.807, 2.05) is 6.07 Å². The lowest BCUT2D eigenvalue weighted by atomic mass is 9.98. The Balaban J connectivity index is 1.23. The molecule has 8 heteroatoms. The summed E-state index contributed by atoms with van der Waals surface area (Å²) in [7, 11) is 3.04. The molecule has 2 heterocycles. The van der Waals surface area contributed by atoms with Crippen LogP contribution < -0.4 is 4.74 Å². The van der Waals surface area contributed by atoms with Gasteiger partial charge in [-0.15, -0.1) is 11.8 Å². The number of ether oxygens (including phenoxy) is 2. The van der Waals surface area contributed by atoms with Gasteiger partial charge in [0.2, 0.25) is 5.91 Å². The van der Waals surface area contributed by atoms with E-state index in [2.05, 4.69) is 12.1 Å². The van der Waals surface area contributed by atoms with Crippen LogP contribution in [0.1, 0.15) is 56.1 Å². The third kappa shape index (κ3) is 5.92. The molecule has 3 aliphatic rings. The number of unbranched alkanes of at least 4 members (excludes halogenated alkanes) is 2. The van der Waals surface area contributed by atoms with Crippen molar-refractivity contribution in [2.75, 3.05) is 20.8 Å². The van der Waals surface area contributed by atoms with Crippen LogP contribution in [0.3, 0.4) is 0 Å². The van der Waals surface area contributed by atoms with Crippen molar-refractivity contribution in [1.82, 2.24) is 9.80 Å². The molecule has 2 atom stereocenters. The molecule has 0 N–H and O–H groups in total. The summed E-state index contributed by atoms with van der Waals surface area (Å²) in [6, 6.07) is 5.79. The Morgan fingerprint density at radius 3 is 2.71 bits per heavy atom. The van der Waals surface area contributed by atoms with Crippen LogP contribution in [0.5, 0.6) is 5.75 Å². The average molecular weight is 499 g/mol. The number of thioether (sulfide) groups is 1. The Bertz CT molecular complexity index is 1020. The van der Waals surface area contributed by atoms with Crippen molar-refractivity contribution in [3.05, 3.63) is 52.0 Å². The van der Waals surface area contributed by atoms with Crippen molar-refractivity contribution in [3.63, 3.8) is 0 Å². The van der Waals surface area contributed by atoms with Crippen molar-refractivity contribution in [1.29, 1.82) is 0 Å². The van der Waals surface area contributed by atoms with Crippen molar-refractivity contribution in [2.45, 2.75) is 63.8 Å². The number of likely N-dealkylation sites (tertiary alicyclic amines) is 1. The minimum Gasteiger partial charge on any atom is -0.497 e. The molecule has 35 heavy (non-hydrogen) atoms. The van der Waals surface area contributed by atoms with Crippen LogP contribution in [0, 0.1) is 5.92 Å². The number of benzene rings is 1. The molecule has 4 rings (SSSR count). The van der Waals surface area contributed by atoms with Crippen LogP contribution in [-0.4, -0.2) is 54.4 Å². The summed E-state index contributed by atoms with van der Waals surface area (Å²) in [5.41, 5.74) is 3.14. The van der Waals surface area contributed by atoms with E-state index < -0.39 is 12.0 Å². The molecule has 188 valence electrons. The highest BCUT2D eigenvalue weighted by Crippen LogP contribution is 2.33. The van der Waals surface area contributed by atoms with E-state index in [1.165, 1.54) is 39.8 Å². The number of methoxy groups -OCH3 is 2. The molecule has 0 saturated carbocycles. The maximum Gasteiger partial charge on any atom is 0.328 e. The van der Waals surface area contributed by atoms with Gasteiger partial charge in [0.25, 0.3) is 5.91 Å². The van der Waals surface area contributed by atoms with Gasteiger partial charge < -0.3 is 14.4 Å². The fourth-order valence-electron chi connectivity index (χ4n) is 5.27. The molecule has 1 aliphatic carbocycles. The van der Waals surface area contributed by atoms with Crippen molar-refractivity contribution in [2.24, 2.45) is 5.92 Å². The first-order valence-corrected chi connectivity index (χ1v) is 13.3. The van der Waals surface area contributed by atoms with Crippen LogP contribution in [0.2, 0.25) is 0 Å². The highest BCUT2D eigenvalue weighted by molar-refractivity contribution is 8.05. The van der Waals surface area contributed by atoms with Crippen LogP contribution in [-0.2, 0) is 32.0 Å². The minimum atomic E-state index is -0.580. The summed E-state index contributed by atoms with van der Waals surface area (Å²) in [5.74, 6) is 0.796. The lowest BCUT2D eigenvalue weighted by molar-refractivity contribution is -0.150. The number of fused-ring (bicyclic) bond motifs is 1. The topological polar surface area (TPSA) is 76.2 Å². The second-order valence-electron chi connectivity index (χ2n) is 9.38. The van der Waals surface area contributed by atoms with E-state index >= 15 is 0 Å². The van der Waals surface area contributed by atoms with Gasteiger partial charge in [-0.2, -0.15) is 0 Å². The van der Waals surface area contributed by atoms with E-state index in [0.717, 1.165) is 50.7 Å². The predicted octanol–water partition coefficient (Wildman–Crippen LogP) is 4.41. The molecule has 7 nitrogen and oxygen atoms in total. The number of esters is 1. The SMILES string of the molecule is COC(=O)[C@@H]1CCCN1C(=O)C1=CSC=CN1C(=O)CCCCCC1Cc2ccc(OC)cc2C1. The second kappa shape index (κ2) is 11.8. The number of carbonyl (C=O) groups excluding carboxylic acids is 3. The fraction of sp³-hybridized carbons (Fsp3) is 0.519. The number of carbonyl (C=O) groups is 3. The van der Waals surface area contributed by atoms with Crippen LogP contribution >= 0.6 is 11.8 Å². The Morgan fingerprint density at radius 1 is 1.09 bits per heavy atom. The summed E-state index contributed by atoms with van der Waals surface area (Å²) in [4.78, 5) is 41.2. The molecule has 1 fully saturated rings. The van der Waals surface area contributed by atoms with E-state index in [0.29, 0.717) is 31.0 Å². The first-order chi connectivity index (χ1) is 17.0. The molecule has 1 saturated heterocycles. The van der Waals surface area contributed by atoms with Crippen LogP contribution in [0.4, 0.5) is 0 Å². The monoisotopic (exact) mass is 498 g/mol. The van der Waals surface area contributed by atoms with E-state index in [1.54, 1.807) is 24.1 Å². The van der Waals surface area contributed by atoms with E-state index in [-0.39, 0.29) is 11.8 Å². The van der Waals surface area contributed by atoms with Gasteiger partial charge in [-0.1, -0.05) is 18.9 Å². The first kappa shape index (κ1) is 25.4. The minimum absolute atomic E-state index is 0.0877. The summed E-state index contributed by atoms with van der Waals surface area (Å²) in [5, 5.41) is 3.49. The van der Waals surface area contributed by atoms with Gasteiger partial charge >= 0.3 is 5.97 Å². The van der Waals surface area contributed by atoms with Crippen LogP contribution in [0.25, 0.3) is 0 Å². The van der Waals surface area contributed by atoms with E-state index in [4.69, 9.17) is 9.47 Å². The highest BCUT2D eigenvalue weighted by Gasteiger charge is 2.38. The Hall–Kier alpha value is -2.74. The van der Waals surface area contributed by atoms with Gasteiger partial charge in [0.05, 0.1) is 14.2 Å². The Kier molecular flexibility index (Phi) is 8.55. The molecular formula is C27H34N2O5S. The van der Waals surface area contributed by atoms with Gasteiger partial charge in [-0.3, -0.25) is 14.5 Å². The molecule has 2 amide bonds. The third-order valence-corrected chi connectivity index (χ3v) is 7.77. The number of amides is 2. The second-order valence-corrected chi connectivity index (χ2v) is 10.2. The third-order valence-electron chi connectivity index (χ3n) is 7.14. The maximum atomic E-state index is 13.2. The van der Waals surface area contributed by atoms with Crippen molar-refractivity contribution < 1.29 is 23.9 Å². The van der Waals surface area contributed by atoms with Crippen LogP contribution in [0.15, 0.2) is 40.9 Å². The normalized spacial score (nSPS) is 21.0. The maximum absolute atomic E-state index is 13.2. The van der Waals surface area contributed by atoms with Gasteiger partial charge in [0.1, 0.15) is 17.5 Å². The fourth-order valence-corrected chi connectivity index (χ4v) is 5.88. The quantitative estimate of drug-likeness (QED) is 0.371. The summed E-state index contributed by atoms with van der Waals surface area (Å²) >= 11 is 1.36. The highest BCUT2D eigenvalue weighted by atomic mass is 32.2.